The number of hydrogen-bond donors (Lipinski definition) is 2. The predicted octanol–water partition coefficient (Wildman–Crippen LogP) is 2.59. The van der Waals surface area contributed by atoms with Crippen LogP contribution < -0.4 is 10.6 Å². The van der Waals surface area contributed by atoms with E-state index in [-0.39, 0.29) is 16.9 Å². The van der Waals surface area contributed by atoms with Crippen LogP contribution in [-0.2, 0) is 0 Å². The molecular weight excluding hydrogens is 272 g/mol. The monoisotopic (exact) mass is 286 g/mol. The number of anilines is 2. The van der Waals surface area contributed by atoms with Gasteiger partial charge in [-0.15, -0.1) is 0 Å². The molecule has 1 aromatic heterocycles. The molecule has 2 N–H and O–H groups in total. The maximum Gasteiger partial charge on any atom is 0.293 e. The maximum atomic E-state index is 12.3. The quantitative estimate of drug-likeness (QED) is 0.665. The molecule has 1 amide bonds. The van der Waals surface area contributed by atoms with Crippen LogP contribution >= 0.6 is 0 Å². The van der Waals surface area contributed by atoms with E-state index in [0.717, 1.165) is 5.56 Å². The topological polar surface area (TPSA) is 97.2 Å². The van der Waals surface area contributed by atoms with Crippen molar-refractivity contribution >= 4 is 23.0 Å². The van der Waals surface area contributed by atoms with Gasteiger partial charge < -0.3 is 10.6 Å². The van der Waals surface area contributed by atoms with Gasteiger partial charge in [0.25, 0.3) is 11.6 Å². The molecule has 21 heavy (non-hydrogen) atoms. The van der Waals surface area contributed by atoms with Crippen molar-refractivity contribution in [3.63, 3.8) is 0 Å². The summed E-state index contributed by atoms with van der Waals surface area (Å²) in [5.41, 5.74) is 1.68. The first-order chi connectivity index (χ1) is 10.0. The van der Waals surface area contributed by atoms with E-state index in [0.29, 0.717) is 5.69 Å². The first kappa shape index (κ1) is 14.4. The number of carbonyl (C=O) groups is 1. The van der Waals surface area contributed by atoms with Gasteiger partial charge in [-0.1, -0.05) is 6.07 Å². The smallest absolute Gasteiger partial charge is 0.293 e. The van der Waals surface area contributed by atoms with Crippen LogP contribution in [-0.4, -0.2) is 22.9 Å². The lowest BCUT2D eigenvalue weighted by Crippen LogP contribution is -2.15. The van der Waals surface area contributed by atoms with Crippen LogP contribution in [0.1, 0.15) is 15.9 Å². The Morgan fingerprint density at radius 1 is 1.33 bits per heavy atom. The molecule has 0 atom stereocenters. The third-order valence-electron chi connectivity index (χ3n) is 2.87. The van der Waals surface area contributed by atoms with E-state index in [1.165, 1.54) is 31.4 Å². The Labute approximate surface area is 121 Å². The van der Waals surface area contributed by atoms with Crippen molar-refractivity contribution < 1.29 is 9.72 Å². The molecule has 2 aromatic rings. The fourth-order valence-electron chi connectivity index (χ4n) is 1.97. The van der Waals surface area contributed by atoms with Crippen molar-refractivity contribution in [3.05, 3.63) is 57.9 Å². The van der Waals surface area contributed by atoms with Crippen LogP contribution in [0.3, 0.4) is 0 Å². The Hall–Kier alpha value is -2.96. The highest BCUT2D eigenvalue weighted by molar-refractivity contribution is 6.09. The lowest BCUT2D eigenvalue weighted by molar-refractivity contribution is -0.384. The van der Waals surface area contributed by atoms with Crippen molar-refractivity contribution in [3.8, 4) is 0 Å². The van der Waals surface area contributed by atoms with Crippen molar-refractivity contribution in [2.45, 2.75) is 6.92 Å². The molecule has 0 aliphatic carbocycles. The first-order valence-electron chi connectivity index (χ1n) is 6.21. The molecule has 0 radical (unpaired) electrons. The number of rotatable bonds is 4. The number of amides is 1. The van der Waals surface area contributed by atoms with Gasteiger partial charge in [0.05, 0.1) is 22.4 Å². The largest absolute Gasteiger partial charge is 0.382 e. The molecule has 7 heteroatoms. The predicted molar refractivity (Wildman–Crippen MR) is 79.6 cm³/mol. The summed E-state index contributed by atoms with van der Waals surface area (Å²) in [7, 11) is 1.54. The van der Waals surface area contributed by atoms with E-state index in [1.807, 2.05) is 6.92 Å². The molecule has 7 nitrogen and oxygen atoms in total. The molecule has 0 bridgehead atoms. The van der Waals surface area contributed by atoms with Gasteiger partial charge in [0, 0.05) is 19.3 Å². The van der Waals surface area contributed by atoms with Gasteiger partial charge in [-0.3, -0.25) is 19.9 Å². The lowest BCUT2D eigenvalue weighted by atomic mass is 10.1. The van der Waals surface area contributed by atoms with Gasteiger partial charge in [-0.25, -0.2) is 0 Å². The fraction of sp³-hybridized carbons (Fsp3) is 0.143. The lowest BCUT2D eigenvalue weighted by Gasteiger charge is -2.10. The number of nitrogens with zero attached hydrogens (tertiary/aromatic N) is 2. The Bertz CT molecular complexity index is 700. The SMILES string of the molecule is CNc1c(C(=O)Nc2cncc(C)c2)cccc1[N+](=O)[O-]. The van der Waals surface area contributed by atoms with Gasteiger partial charge in [0.2, 0.25) is 0 Å². The summed E-state index contributed by atoms with van der Waals surface area (Å²) in [6.07, 6.45) is 3.18. The summed E-state index contributed by atoms with van der Waals surface area (Å²) in [5.74, 6) is -0.435. The van der Waals surface area contributed by atoms with E-state index in [1.54, 1.807) is 12.3 Å². The number of carbonyl (C=O) groups excluding carboxylic acids is 1. The number of nitro benzene ring substituents is 1. The van der Waals surface area contributed by atoms with Crippen LogP contribution in [0.2, 0.25) is 0 Å². The van der Waals surface area contributed by atoms with Gasteiger partial charge in [-0.2, -0.15) is 0 Å². The molecule has 2 rings (SSSR count). The van der Waals surface area contributed by atoms with Crippen LogP contribution in [0.4, 0.5) is 17.1 Å². The average molecular weight is 286 g/mol. The molecular formula is C14H14N4O3. The minimum atomic E-state index is -0.531. The number of pyridine rings is 1. The standard InChI is InChI=1S/C14H14N4O3/c1-9-6-10(8-16-7-9)17-14(19)11-4-3-5-12(18(20)21)13(11)15-2/h3-8,15H,1-2H3,(H,17,19). The highest BCUT2D eigenvalue weighted by atomic mass is 16.6. The molecule has 0 aliphatic heterocycles. The Balaban J connectivity index is 2.35. The Morgan fingerprint density at radius 2 is 2.10 bits per heavy atom. The second-order valence-corrected chi connectivity index (χ2v) is 4.41. The van der Waals surface area contributed by atoms with Crippen LogP contribution in [0.15, 0.2) is 36.7 Å². The summed E-state index contributed by atoms with van der Waals surface area (Å²) < 4.78 is 0. The zero-order valence-electron chi connectivity index (χ0n) is 11.6. The third kappa shape index (κ3) is 3.14. The van der Waals surface area contributed by atoms with Crippen molar-refractivity contribution in [1.82, 2.24) is 4.98 Å². The minimum Gasteiger partial charge on any atom is -0.382 e. The molecule has 0 saturated heterocycles. The Kier molecular flexibility index (Phi) is 4.13. The van der Waals surface area contributed by atoms with Crippen molar-refractivity contribution in [1.29, 1.82) is 0 Å². The number of hydrogen-bond acceptors (Lipinski definition) is 5. The van der Waals surface area contributed by atoms with Crippen LogP contribution in [0, 0.1) is 17.0 Å². The van der Waals surface area contributed by atoms with E-state index in [9.17, 15) is 14.9 Å². The summed E-state index contributed by atoms with van der Waals surface area (Å²) in [4.78, 5) is 26.7. The van der Waals surface area contributed by atoms with E-state index >= 15 is 0 Å². The van der Waals surface area contributed by atoms with E-state index in [4.69, 9.17) is 0 Å². The second kappa shape index (κ2) is 6.00. The molecule has 1 heterocycles. The number of para-hydroxylation sites is 1. The molecule has 0 saturated carbocycles. The molecule has 0 unspecified atom stereocenters. The second-order valence-electron chi connectivity index (χ2n) is 4.41. The number of aromatic nitrogens is 1. The van der Waals surface area contributed by atoms with Gasteiger partial charge in [0.15, 0.2) is 0 Å². The first-order valence-corrected chi connectivity index (χ1v) is 6.21. The van der Waals surface area contributed by atoms with Crippen molar-refractivity contribution in [2.24, 2.45) is 0 Å². The van der Waals surface area contributed by atoms with E-state index < -0.39 is 10.8 Å². The highest BCUT2D eigenvalue weighted by Gasteiger charge is 2.20. The molecule has 0 aliphatic rings. The number of nitro groups is 1. The van der Waals surface area contributed by atoms with Crippen LogP contribution in [0.25, 0.3) is 0 Å². The summed E-state index contributed by atoms with van der Waals surface area (Å²) in [5, 5.41) is 16.4. The highest BCUT2D eigenvalue weighted by Crippen LogP contribution is 2.28. The number of nitrogens with one attached hydrogen (secondary N) is 2. The van der Waals surface area contributed by atoms with Gasteiger partial charge in [0.1, 0.15) is 5.69 Å². The molecule has 0 spiro atoms. The minimum absolute atomic E-state index is 0.146. The van der Waals surface area contributed by atoms with Gasteiger partial charge in [-0.05, 0) is 24.6 Å². The summed E-state index contributed by atoms with van der Waals surface area (Å²) >= 11 is 0. The van der Waals surface area contributed by atoms with Gasteiger partial charge >= 0.3 is 0 Å². The van der Waals surface area contributed by atoms with E-state index in [2.05, 4.69) is 15.6 Å². The third-order valence-corrected chi connectivity index (χ3v) is 2.87. The van der Waals surface area contributed by atoms with Crippen molar-refractivity contribution in [2.75, 3.05) is 17.7 Å². The summed E-state index contributed by atoms with van der Waals surface area (Å²) in [6.45, 7) is 1.86. The Morgan fingerprint density at radius 3 is 2.71 bits per heavy atom. The maximum absolute atomic E-state index is 12.3. The number of aryl methyl sites for hydroxylation is 1. The summed E-state index contributed by atoms with van der Waals surface area (Å²) in [6, 6.07) is 6.11. The molecule has 108 valence electrons. The number of benzene rings is 1. The molecule has 1 aromatic carbocycles. The average Bonchev–Trinajstić information content (AvgIpc) is 2.46. The zero-order chi connectivity index (χ0) is 15.4. The molecule has 0 fully saturated rings. The normalized spacial score (nSPS) is 10.0. The van der Waals surface area contributed by atoms with Crippen LogP contribution in [0.5, 0.6) is 0 Å². The fourth-order valence-corrected chi connectivity index (χ4v) is 1.97. The zero-order valence-corrected chi connectivity index (χ0v) is 11.6.